The van der Waals surface area contributed by atoms with Crippen molar-refractivity contribution in [2.24, 2.45) is 0 Å². The third kappa shape index (κ3) is 2.71. The number of ether oxygens (including phenoxy) is 1. The molecule has 1 aromatic rings. The van der Waals surface area contributed by atoms with E-state index in [2.05, 4.69) is 0 Å². The molecule has 0 aliphatic carbocycles. The highest BCUT2D eigenvalue weighted by Crippen LogP contribution is 2.20. The molecule has 0 amide bonds. The summed E-state index contributed by atoms with van der Waals surface area (Å²) < 4.78 is 7.21. The van der Waals surface area contributed by atoms with Crippen molar-refractivity contribution in [3.05, 3.63) is 33.2 Å². The fourth-order valence-electron chi connectivity index (χ4n) is 2.64. The van der Waals surface area contributed by atoms with Crippen molar-refractivity contribution < 1.29 is 14.6 Å². The Balaban J connectivity index is 2.37. The summed E-state index contributed by atoms with van der Waals surface area (Å²) in [6, 6.07) is 1.74. The molecule has 0 saturated carbocycles. The van der Waals surface area contributed by atoms with Gasteiger partial charge in [-0.2, -0.15) is 0 Å². The van der Waals surface area contributed by atoms with Crippen LogP contribution in [0.1, 0.15) is 41.4 Å². The maximum Gasteiger partial charge on any atom is 0.341 e. The van der Waals surface area contributed by atoms with E-state index in [1.807, 2.05) is 13.8 Å². The van der Waals surface area contributed by atoms with Gasteiger partial charge in [0.05, 0.1) is 18.8 Å². The lowest BCUT2D eigenvalue weighted by Crippen LogP contribution is -2.33. The van der Waals surface area contributed by atoms with Gasteiger partial charge < -0.3 is 14.4 Å². The van der Waals surface area contributed by atoms with E-state index < -0.39 is 11.5 Å². The fourth-order valence-corrected chi connectivity index (χ4v) is 2.64. The molecule has 5 nitrogen and oxygen atoms in total. The van der Waals surface area contributed by atoms with Gasteiger partial charge in [0.2, 0.25) is 0 Å². The molecule has 0 radical (unpaired) electrons. The van der Waals surface area contributed by atoms with Crippen LogP contribution in [0.4, 0.5) is 0 Å². The highest BCUT2D eigenvalue weighted by Gasteiger charge is 2.24. The number of carboxylic acids is 1. The van der Waals surface area contributed by atoms with Crippen LogP contribution in [0.5, 0.6) is 0 Å². The van der Waals surface area contributed by atoms with Gasteiger partial charge in [-0.15, -0.1) is 0 Å². The van der Waals surface area contributed by atoms with Crippen LogP contribution < -0.4 is 5.56 Å². The lowest BCUT2D eigenvalue weighted by atomic mass is 10.1. The third-order valence-corrected chi connectivity index (χ3v) is 3.62. The first kappa shape index (κ1) is 13.8. The number of hydrogen-bond donors (Lipinski definition) is 1. The molecule has 0 spiro atoms. The second-order valence-corrected chi connectivity index (χ2v) is 5.21. The quantitative estimate of drug-likeness (QED) is 0.903. The predicted octanol–water partition coefficient (Wildman–Crippen LogP) is 1.73. The standard InChI is InChI=1S/C14H19NO4/c1-8-6-9(2)15(13(16)12(8)14(17)18)7-11-5-4-10(3)19-11/h6,10-11H,4-5,7H2,1-3H3,(H,17,18). The monoisotopic (exact) mass is 265 g/mol. The van der Waals surface area contributed by atoms with Crippen molar-refractivity contribution in [1.82, 2.24) is 4.57 Å². The summed E-state index contributed by atoms with van der Waals surface area (Å²) in [6.45, 7) is 5.90. The molecule has 2 heterocycles. The lowest BCUT2D eigenvalue weighted by molar-refractivity contribution is 0.0445. The van der Waals surface area contributed by atoms with Crippen LogP contribution in [0.3, 0.4) is 0 Å². The van der Waals surface area contributed by atoms with Crippen LogP contribution in [0.25, 0.3) is 0 Å². The zero-order valence-electron chi connectivity index (χ0n) is 11.5. The normalized spacial score (nSPS) is 22.7. The number of aryl methyl sites for hydroxylation is 2. The van der Waals surface area contributed by atoms with Gasteiger partial charge in [-0.05, 0) is 45.2 Å². The minimum absolute atomic E-state index is 0.00393. The highest BCUT2D eigenvalue weighted by molar-refractivity contribution is 5.88. The van der Waals surface area contributed by atoms with Gasteiger partial charge in [-0.25, -0.2) is 4.79 Å². The number of aromatic carboxylic acids is 1. The van der Waals surface area contributed by atoms with Gasteiger partial charge in [-0.1, -0.05) is 0 Å². The van der Waals surface area contributed by atoms with E-state index in [4.69, 9.17) is 9.84 Å². The van der Waals surface area contributed by atoms with Gasteiger partial charge in [0.1, 0.15) is 5.56 Å². The summed E-state index contributed by atoms with van der Waals surface area (Å²) in [5.74, 6) is -1.17. The number of carboxylic acid groups (broad SMARTS) is 1. The molecule has 2 unspecified atom stereocenters. The van der Waals surface area contributed by atoms with Crippen LogP contribution in [0.15, 0.2) is 10.9 Å². The van der Waals surface area contributed by atoms with Crippen molar-refractivity contribution in [2.75, 3.05) is 0 Å². The zero-order chi connectivity index (χ0) is 14.2. The van der Waals surface area contributed by atoms with E-state index in [9.17, 15) is 9.59 Å². The van der Waals surface area contributed by atoms with Gasteiger partial charge in [0, 0.05) is 5.69 Å². The fraction of sp³-hybridized carbons (Fsp3) is 0.571. The summed E-state index contributed by atoms with van der Waals surface area (Å²) in [5.41, 5.74) is 0.701. The molecule has 1 aliphatic rings. The topological polar surface area (TPSA) is 68.5 Å². The molecule has 0 aromatic carbocycles. The van der Waals surface area contributed by atoms with Crippen LogP contribution in [-0.4, -0.2) is 27.9 Å². The maximum absolute atomic E-state index is 12.2. The summed E-state index contributed by atoms with van der Waals surface area (Å²) in [6.07, 6.45) is 2.10. The molecule has 1 aliphatic heterocycles. The molecule has 5 heteroatoms. The average molecular weight is 265 g/mol. The molecule has 104 valence electrons. The Kier molecular flexibility index (Phi) is 3.75. The first-order valence-electron chi connectivity index (χ1n) is 6.50. The van der Waals surface area contributed by atoms with Gasteiger partial charge in [0.25, 0.3) is 5.56 Å². The second kappa shape index (κ2) is 5.17. The molecule has 2 rings (SSSR count). The van der Waals surface area contributed by atoms with Crippen LogP contribution >= 0.6 is 0 Å². The van der Waals surface area contributed by atoms with Crippen LogP contribution in [0.2, 0.25) is 0 Å². The van der Waals surface area contributed by atoms with E-state index >= 15 is 0 Å². The summed E-state index contributed by atoms with van der Waals surface area (Å²) in [7, 11) is 0. The largest absolute Gasteiger partial charge is 0.477 e. The van der Waals surface area contributed by atoms with E-state index in [-0.39, 0.29) is 17.8 Å². The average Bonchev–Trinajstić information content (AvgIpc) is 2.69. The Morgan fingerprint density at radius 3 is 2.68 bits per heavy atom. The Morgan fingerprint density at radius 1 is 1.47 bits per heavy atom. The van der Waals surface area contributed by atoms with Gasteiger partial charge in [-0.3, -0.25) is 4.79 Å². The zero-order valence-corrected chi connectivity index (χ0v) is 11.5. The number of nitrogens with zero attached hydrogens (tertiary/aromatic N) is 1. The van der Waals surface area contributed by atoms with Crippen LogP contribution in [-0.2, 0) is 11.3 Å². The maximum atomic E-state index is 12.2. The molecule has 1 aromatic heterocycles. The van der Waals surface area contributed by atoms with Crippen molar-refractivity contribution in [3.63, 3.8) is 0 Å². The van der Waals surface area contributed by atoms with Crippen molar-refractivity contribution in [3.8, 4) is 0 Å². The third-order valence-electron chi connectivity index (χ3n) is 3.62. The molecule has 1 saturated heterocycles. The SMILES string of the molecule is Cc1cc(C)n(CC2CCC(C)O2)c(=O)c1C(=O)O. The van der Waals surface area contributed by atoms with Gasteiger partial charge in [0.15, 0.2) is 0 Å². The minimum Gasteiger partial charge on any atom is -0.477 e. The van der Waals surface area contributed by atoms with E-state index in [1.165, 1.54) is 4.57 Å². The van der Waals surface area contributed by atoms with Crippen molar-refractivity contribution in [2.45, 2.75) is 52.4 Å². The number of aromatic nitrogens is 1. The summed E-state index contributed by atoms with van der Waals surface area (Å²) >= 11 is 0. The van der Waals surface area contributed by atoms with Crippen molar-refractivity contribution >= 4 is 5.97 Å². The van der Waals surface area contributed by atoms with Crippen molar-refractivity contribution in [1.29, 1.82) is 0 Å². The number of carbonyl (C=O) groups is 1. The number of pyridine rings is 1. The molecule has 2 atom stereocenters. The number of rotatable bonds is 3. The Morgan fingerprint density at radius 2 is 2.16 bits per heavy atom. The first-order valence-corrected chi connectivity index (χ1v) is 6.50. The Labute approximate surface area is 111 Å². The number of hydrogen-bond acceptors (Lipinski definition) is 3. The molecule has 19 heavy (non-hydrogen) atoms. The Bertz CT molecular complexity index is 561. The van der Waals surface area contributed by atoms with Crippen LogP contribution in [0, 0.1) is 13.8 Å². The molecular weight excluding hydrogens is 246 g/mol. The molecule has 0 bridgehead atoms. The predicted molar refractivity (Wildman–Crippen MR) is 70.7 cm³/mol. The van der Waals surface area contributed by atoms with E-state index in [0.717, 1.165) is 18.5 Å². The summed E-state index contributed by atoms with van der Waals surface area (Å²) in [4.78, 5) is 23.4. The summed E-state index contributed by atoms with van der Waals surface area (Å²) in [5, 5.41) is 9.12. The minimum atomic E-state index is -1.17. The smallest absolute Gasteiger partial charge is 0.341 e. The second-order valence-electron chi connectivity index (χ2n) is 5.21. The van der Waals surface area contributed by atoms with E-state index in [1.54, 1.807) is 13.0 Å². The van der Waals surface area contributed by atoms with Gasteiger partial charge >= 0.3 is 5.97 Å². The molecule has 1 N–H and O–H groups in total. The lowest BCUT2D eigenvalue weighted by Gasteiger charge is -2.17. The molecule has 1 fully saturated rings. The first-order chi connectivity index (χ1) is 8.90. The Hall–Kier alpha value is -1.62. The highest BCUT2D eigenvalue weighted by atomic mass is 16.5. The molecular formula is C14H19NO4. The van der Waals surface area contributed by atoms with E-state index in [0.29, 0.717) is 12.1 Å².